The maximum atomic E-state index is 12.5. The van der Waals surface area contributed by atoms with E-state index in [0.29, 0.717) is 6.42 Å². The lowest BCUT2D eigenvalue weighted by atomic mass is 10.2. The maximum Gasteiger partial charge on any atom is 0.273 e. The van der Waals surface area contributed by atoms with Crippen LogP contribution in [0.15, 0.2) is 24.3 Å². The van der Waals surface area contributed by atoms with Gasteiger partial charge >= 0.3 is 0 Å². The molecule has 9 nitrogen and oxygen atoms in total. The summed E-state index contributed by atoms with van der Waals surface area (Å²) < 4.78 is 33.6. The monoisotopic (exact) mass is 372 g/mol. The summed E-state index contributed by atoms with van der Waals surface area (Å²) in [6, 6.07) is 5.13. The first kappa shape index (κ1) is 19.1. The molecule has 1 aromatic carbocycles. The molecule has 1 atom stereocenters. The van der Waals surface area contributed by atoms with Crippen LogP contribution in [0.5, 0.6) is 5.75 Å². The lowest BCUT2D eigenvalue weighted by Gasteiger charge is -2.28. The van der Waals surface area contributed by atoms with Crippen LogP contribution in [0.1, 0.15) is 6.42 Å². The van der Waals surface area contributed by atoms with Gasteiger partial charge in [0.1, 0.15) is 5.75 Å². The third-order valence-electron chi connectivity index (χ3n) is 3.90. The molecular weight excluding hydrogens is 352 g/mol. The molecule has 0 saturated carbocycles. The van der Waals surface area contributed by atoms with Gasteiger partial charge in [-0.25, -0.2) is 8.42 Å². The van der Waals surface area contributed by atoms with Crippen LogP contribution in [0.3, 0.4) is 0 Å². The molecule has 138 valence electrons. The fourth-order valence-electron chi connectivity index (χ4n) is 2.64. The Balaban J connectivity index is 2.01. The Bertz CT molecular complexity index is 735. The zero-order valence-electron chi connectivity index (χ0n) is 13.8. The van der Waals surface area contributed by atoms with E-state index >= 15 is 0 Å². The number of nitrogens with zero attached hydrogens (tertiary/aromatic N) is 2. The molecule has 1 fully saturated rings. The molecule has 10 heteroatoms. The van der Waals surface area contributed by atoms with Crippen LogP contribution in [0, 0.1) is 10.1 Å². The van der Waals surface area contributed by atoms with Gasteiger partial charge in [0.25, 0.3) is 11.6 Å². The number of nitro benzene ring substituents is 1. The predicted molar refractivity (Wildman–Crippen MR) is 89.2 cm³/mol. The summed E-state index contributed by atoms with van der Waals surface area (Å²) in [6.07, 6.45) is 0.384. The second-order valence-corrected chi connectivity index (χ2v) is 7.91. The minimum atomic E-state index is -3.13. The SMILES string of the molecule is COCCN(C(=O)COc1cccc([N+](=O)[O-])c1)[C@@H]1CCS(=O)(=O)C1. The van der Waals surface area contributed by atoms with Crippen molar-refractivity contribution in [3.63, 3.8) is 0 Å². The Morgan fingerprint density at radius 3 is 2.80 bits per heavy atom. The van der Waals surface area contributed by atoms with Crippen LogP contribution in [0.2, 0.25) is 0 Å². The number of methoxy groups -OCH3 is 1. The smallest absolute Gasteiger partial charge is 0.273 e. The maximum absolute atomic E-state index is 12.5. The number of sulfone groups is 1. The standard InChI is InChI=1S/C15H20N2O7S/c1-23-7-6-16(13-5-8-25(21,22)11-13)15(18)10-24-14-4-2-3-12(9-14)17(19)20/h2-4,9,13H,5-8,10-11H2,1H3/t13-/m1/s1. The van der Waals surface area contributed by atoms with Gasteiger partial charge in [0.05, 0.1) is 29.1 Å². The largest absolute Gasteiger partial charge is 0.484 e. The zero-order chi connectivity index (χ0) is 18.4. The minimum Gasteiger partial charge on any atom is -0.484 e. The summed E-state index contributed by atoms with van der Waals surface area (Å²) in [4.78, 5) is 24.1. The molecule has 2 rings (SSSR count). The number of rotatable bonds is 8. The second-order valence-electron chi connectivity index (χ2n) is 5.68. The van der Waals surface area contributed by atoms with Gasteiger partial charge < -0.3 is 14.4 Å². The normalized spacial score (nSPS) is 18.7. The summed E-state index contributed by atoms with van der Waals surface area (Å²) >= 11 is 0. The second kappa shape index (κ2) is 8.26. The van der Waals surface area contributed by atoms with Crippen molar-refractivity contribution in [3.05, 3.63) is 34.4 Å². The fraction of sp³-hybridized carbons (Fsp3) is 0.533. The number of hydrogen-bond acceptors (Lipinski definition) is 7. The van der Waals surface area contributed by atoms with E-state index < -0.39 is 20.8 Å². The van der Waals surface area contributed by atoms with Crippen LogP contribution < -0.4 is 4.74 Å². The average molecular weight is 372 g/mol. The quantitative estimate of drug-likeness (QED) is 0.485. The highest BCUT2D eigenvalue weighted by molar-refractivity contribution is 7.91. The summed E-state index contributed by atoms with van der Waals surface area (Å²) in [5, 5.41) is 10.8. The van der Waals surface area contributed by atoms with Gasteiger partial charge in [0.15, 0.2) is 16.4 Å². The molecule has 1 heterocycles. The number of amides is 1. The Kier molecular flexibility index (Phi) is 6.32. The number of non-ortho nitro benzene ring substituents is 1. The molecule has 1 amide bonds. The number of hydrogen-bond donors (Lipinski definition) is 0. The predicted octanol–water partition coefficient (Wildman–Crippen LogP) is 0.636. The molecule has 0 aromatic heterocycles. The fourth-order valence-corrected chi connectivity index (χ4v) is 4.37. The van der Waals surface area contributed by atoms with Crippen molar-refractivity contribution in [2.45, 2.75) is 12.5 Å². The first-order valence-electron chi connectivity index (χ1n) is 7.68. The minimum absolute atomic E-state index is 0.0557. The summed E-state index contributed by atoms with van der Waals surface area (Å²) in [5.41, 5.74) is -0.136. The Hall–Kier alpha value is -2.20. The van der Waals surface area contributed by atoms with Gasteiger partial charge in [-0.05, 0) is 12.5 Å². The molecule has 1 saturated heterocycles. The van der Waals surface area contributed by atoms with Crippen molar-refractivity contribution in [2.75, 3.05) is 38.4 Å². The number of carbonyl (C=O) groups excluding carboxylic acids is 1. The van der Waals surface area contributed by atoms with E-state index in [2.05, 4.69) is 0 Å². The number of ether oxygens (including phenoxy) is 2. The van der Waals surface area contributed by atoms with E-state index in [1.165, 1.54) is 36.3 Å². The number of nitro groups is 1. The first-order valence-corrected chi connectivity index (χ1v) is 9.50. The van der Waals surface area contributed by atoms with Gasteiger partial charge in [-0.3, -0.25) is 14.9 Å². The Morgan fingerprint density at radius 2 is 2.20 bits per heavy atom. The van der Waals surface area contributed by atoms with Crippen molar-refractivity contribution in [2.24, 2.45) is 0 Å². The van der Waals surface area contributed by atoms with E-state index in [-0.39, 0.29) is 48.6 Å². The lowest BCUT2D eigenvalue weighted by Crippen LogP contribution is -2.45. The lowest BCUT2D eigenvalue weighted by molar-refractivity contribution is -0.384. The molecule has 25 heavy (non-hydrogen) atoms. The third-order valence-corrected chi connectivity index (χ3v) is 5.65. The molecule has 0 unspecified atom stereocenters. The van der Waals surface area contributed by atoms with Gasteiger partial charge in [0, 0.05) is 25.8 Å². The van der Waals surface area contributed by atoms with Crippen molar-refractivity contribution in [1.82, 2.24) is 4.90 Å². The van der Waals surface area contributed by atoms with Crippen LogP contribution in [0.25, 0.3) is 0 Å². The zero-order valence-corrected chi connectivity index (χ0v) is 14.6. The molecule has 1 aliphatic rings. The van der Waals surface area contributed by atoms with Gasteiger partial charge in [0.2, 0.25) is 0 Å². The van der Waals surface area contributed by atoms with E-state index in [0.717, 1.165) is 0 Å². The molecule has 0 N–H and O–H groups in total. The molecule has 0 bridgehead atoms. The van der Waals surface area contributed by atoms with Gasteiger partial charge in [-0.1, -0.05) is 6.07 Å². The summed E-state index contributed by atoms with van der Waals surface area (Å²) in [7, 11) is -1.64. The van der Waals surface area contributed by atoms with E-state index in [1.54, 1.807) is 0 Å². The van der Waals surface area contributed by atoms with E-state index in [1.807, 2.05) is 0 Å². The van der Waals surface area contributed by atoms with Crippen LogP contribution in [0.4, 0.5) is 5.69 Å². The first-order chi connectivity index (χ1) is 11.8. The highest BCUT2D eigenvalue weighted by atomic mass is 32.2. The molecule has 0 spiro atoms. The van der Waals surface area contributed by atoms with Crippen molar-refractivity contribution >= 4 is 21.4 Å². The third kappa shape index (κ3) is 5.40. The van der Waals surface area contributed by atoms with Crippen molar-refractivity contribution in [1.29, 1.82) is 0 Å². The molecule has 1 aromatic rings. The molecular formula is C15H20N2O7S. The van der Waals surface area contributed by atoms with Crippen molar-refractivity contribution < 1.29 is 27.6 Å². The number of carbonyl (C=O) groups is 1. The number of benzene rings is 1. The Labute approximate surface area is 145 Å². The molecule has 0 aliphatic carbocycles. The van der Waals surface area contributed by atoms with Crippen LogP contribution in [-0.2, 0) is 19.4 Å². The van der Waals surface area contributed by atoms with Gasteiger partial charge in [-0.2, -0.15) is 0 Å². The van der Waals surface area contributed by atoms with E-state index in [4.69, 9.17) is 9.47 Å². The highest BCUT2D eigenvalue weighted by Crippen LogP contribution is 2.20. The van der Waals surface area contributed by atoms with Gasteiger partial charge in [-0.15, -0.1) is 0 Å². The highest BCUT2D eigenvalue weighted by Gasteiger charge is 2.34. The molecule has 1 aliphatic heterocycles. The van der Waals surface area contributed by atoms with Crippen molar-refractivity contribution in [3.8, 4) is 5.75 Å². The van der Waals surface area contributed by atoms with Crippen LogP contribution in [-0.4, -0.2) is 68.6 Å². The van der Waals surface area contributed by atoms with Crippen LogP contribution >= 0.6 is 0 Å². The average Bonchev–Trinajstić information content (AvgIpc) is 2.93. The Morgan fingerprint density at radius 1 is 1.44 bits per heavy atom. The van der Waals surface area contributed by atoms with E-state index in [9.17, 15) is 23.3 Å². The summed E-state index contributed by atoms with van der Waals surface area (Å²) in [6.45, 7) is 0.203. The molecule has 0 radical (unpaired) electrons. The topological polar surface area (TPSA) is 116 Å². The summed E-state index contributed by atoms with van der Waals surface area (Å²) in [5.74, 6) is -0.196.